The third-order valence-corrected chi connectivity index (χ3v) is 6.96. The number of ether oxygens (including phenoxy) is 2. The van der Waals surface area contributed by atoms with E-state index < -0.39 is 12.0 Å². The predicted molar refractivity (Wildman–Crippen MR) is 136 cm³/mol. The Labute approximate surface area is 208 Å². The number of benzene rings is 2. The van der Waals surface area contributed by atoms with E-state index in [4.69, 9.17) is 14.5 Å². The van der Waals surface area contributed by atoms with Gasteiger partial charge in [-0.2, -0.15) is 0 Å². The number of carbonyl (C=O) groups excluding carboxylic acids is 2. The zero-order chi connectivity index (χ0) is 24.4. The summed E-state index contributed by atoms with van der Waals surface area (Å²) in [5.74, 6) is 0.172. The lowest BCUT2D eigenvalue weighted by Crippen LogP contribution is -2.38. The molecule has 8 heteroatoms. The van der Waals surface area contributed by atoms with Crippen molar-refractivity contribution in [1.29, 1.82) is 0 Å². The molecular weight excluding hydrogens is 462 g/mol. The van der Waals surface area contributed by atoms with Gasteiger partial charge in [0.1, 0.15) is 5.75 Å². The average Bonchev–Trinajstić information content (AvgIpc) is 3.61. The molecule has 1 N–H and O–H groups in total. The van der Waals surface area contributed by atoms with Crippen molar-refractivity contribution in [2.24, 2.45) is 4.99 Å². The van der Waals surface area contributed by atoms with Crippen molar-refractivity contribution in [2.45, 2.75) is 38.3 Å². The third kappa shape index (κ3) is 4.71. The lowest BCUT2D eigenvalue weighted by molar-refractivity contribution is -0.139. The Hall–Kier alpha value is -3.52. The summed E-state index contributed by atoms with van der Waals surface area (Å²) < 4.78 is 11.3. The van der Waals surface area contributed by atoms with Crippen molar-refractivity contribution >= 4 is 34.5 Å². The molecule has 2 aromatic rings. The SMILES string of the molecule is CCOC(=O)C1=C(c2ccccc2)N=C2SC=C(CC(=O)NC3CC3)N2[C@@H]1c1ccccc1OC. The van der Waals surface area contributed by atoms with Gasteiger partial charge in [-0.15, -0.1) is 0 Å². The van der Waals surface area contributed by atoms with E-state index in [-0.39, 0.29) is 25.0 Å². The van der Waals surface area contributed by atoms with Crippen molar-refractivity contribution in [3.05, 3.63) is 82.4 Å². The Balaban J connectivity index is 1.66. The number of fused-ring (bicyclic) bond motifs is 1. The molecule has 0 unspecified atom stereocenters. The molecule has 0 radical (unpaired) electrons. The fourth-order valence-electron chi connectivity index (χ4n) is 4.35. The van der Waals surface area contributed by atoms with Crippen LogP contribution in [-0.4, -0.2) is 41.7 Å². The smallest absolute Gasteiger partial charge is 0.338 e. The molecule has 3 aliphatic rings. The molecule has 1 amide bonds. The first kappa shape index (κ1) is 23.2. The highest BCUT2D eigenvalue weighted by Crippen LogP contribution is 2.48. The molecule has 35 heavy (non-hydrogen) atoms. The molecule has 1 aliphatic carbocycles. The van der Waals surface area contributed by atoms with Crippen LogP contribution in [0, 0.1) is 0 Å². The maximum atomic E-state index is 13.5. The molecule has 1 fully saturated rings. The molecule has 1 atom stereocenters. The van der Waals surface area contributed by atoms with Crippen LogP contribution >= 0.6 is 11.8 Å². The Morgan fingerprint density at radius 3 is 2.57 bits per heavy atom. The molecule has 5 rings (SSSR count). The molecule has 2 aliphatic heterocycles. The Morgan fingerprint density at radius 2 is 1.86 bits per heavy atom. The number of esters is 1. The molecule has 0 spiro atoms. The molecule has 7 nitrogen and oxygen atoms in total. The van der Waals surface area contributed by atoms with Gasteiger partial charge in [-0.3, -0.25) is 4.79 Å². The molecule has 2 heterocycles. The topological polar surface area (TPSA) is 80.2 Å². The maximum Gasteiger partial charge on any atom is 0.338 e. The van der Waals surface area contributed by atoms with Crippen LogP contribution in [0.15, 0.2) is 76.3 Å². The summed E-state index contributed by atoms with van der Waals surface area (Å²) >= 11 is 1.46. The fraction of sp³-hybridized carbons (Fsp3) is 0.296. The number of amidine groups is 1. The Kier molecular flexibility index (Phi) is 6.63. The first-order valence-electron chi connectivity index (χ1n) is 11.7. The maximum absolute atomic E-state index is 13.5. The molecule has 0 aromatic heterocycles. The number of para-hydroxylation sites is 1. The number of amides is 1. The predicted octanol–water partition coefficient (Wildman–Crippen LogP) is 4.64. The van der Waals surface area contributed by atoms with E-state index in [0.29, 0.717) is 22.2 Å². The van der Waals surface area contributed by atoms with Crippen LogP contribution in [0.1, 0.15) is 43.4 Å². The molecule has 1 saturated carbocycles. The number of rotatable bonds is 8. The average molecular weight is 490 g/mol. The monoisotopic (exact) mass is 489 g/mol. The zero-order valence-electron chi connectivity index (χ0n) is 19.7. The van der Waals surface area contributed by atoms with Gasteiger partial charge in [0.15, 0.2) is 5.17 Å². The van der Waals surface area contributed by atoms with Crippen molar-refractivity contribution in [3.63, 3.8) is 0 Å². The second-order valence-corrected chi connectivity index (χ2v) is 9.34. The highest BCUT2D eigenvalue weighted by Gasteiger charge is 2.43. The van der Waals surface area contributed by atoms with Crippen molar-refractivity contribution in [2.75, 3.05) is 13.7 Å². The summed E-state index contributed by atoms with van der Waals surface area (Å²) in [6, 6.07) is 17.0. The van der Waals surface area contributed by atoms with Gasteiger partial charge in [0.25, 0.3) is 0 Å². The van der Waals surface area contributed by atoms with Gasteiger partial charge in [-0.1, -0.05) is 60.3 Å². The van der Waals surface area contributed by atoms with Crippen molar-refractivity contribution in [3.8, 4) is 5.75 Å². The van der Waals surface area contributed by atoms with Gasteiger partial charge in [-0.05, 0) is 31.2 Å². The first-order chi connectivity index (χ1) is 17.1. The molecule has 0 saturated heterocycles. The second-order valence-electron chi connectivity index (χ2n) is 8.50. The van der Waals surface area contributed by atoms with E-state index in [2.05, 4.69) is 5.32 Å². The summed E-state index contributed by atoms with van der Waals surface area (Å²) in [6.45, 7) is 2.02. The lowest BCUT2D eigenvalue weighted by Gasteiger charge is -2.37. The van der Waals surface area contributed by atoms with Crippen LogP contribution < -0.4 is 10.1 Å². The summed E-state index contributed by atoms with van der Waals surface area (Å²) in [5, 5.41) is 5.72. The van der Waals surface area contributed by atoms with Crippen LogP contribution in [-0.2, 0) is 14.3 Å². The number of hydrogen-bond donors (Lipinski definition) is 1. The van der Waals surface area contributed by atoms with Gasteiger partial charge in [0, 0.05) is 22.9 Å². The number of aliphatic imine (C=N–C) groups is 1. The van der Waals surface area contributed by atoms with Gasteiger partial charge in [-0.25, -0.2) is 9.79 Å². The molecule has 180 valence electrons. The first-order valence-corrected chi connectivity index (χ1v) is 12.6. The van der Waals surface area contributed by atoms with E-state index in [1.54, 1.807) is 14.0 Å². The second kappa shape index (κ2) is 10.00. The minimum atomic E-state index is -0.567. The Morgan fingerprint density at radius 1 is 1.11 bits per heavy atom. The van der Waals surface area contributed by atoms with E-state index in [0.717, 1.165) is 29.7 Å². The number of carbonyl (C=O) groups is 2. The summed E-state index contributed by atoms with van der Waals surface area (Å²) in [5.41, 5.74) is 3.40. The minimum absolute atomic E-state index is 0.0325. The molecule has 0 bridgehead atoms. The zero-order valence-corrected chi connectivity index (χ0v) is 20.5. The summed E-state index contributed by atoms with van der Waals surface area (Å²) in [4.78, 5) is 33.2. The van der Waals surface area contributed by atoms with Crippen LogP contribution in [0.5, 0.6) is 5.75 Å². The van der Waals surface area contributed by atoms with E-state index >= 15 is 0 Å². The minimum Gasteiger partial charge on any atom is -0.496 e. The third-order valence-electron chi connectivity index (χ3n) is 6.07. The number of nitrogens with one attached hydrogen (secondary N) is 1. The Bertz CT molecular complexity index is 1230. The number of methoxy groups -OCH3 is 1. The van der Waals surface area contributed by atoms with Gasteiger partial charge in [0.05, 0.1) is 37.4 Å². The van der Waals surface area contributed by atoms with Crippen LogP contribution in [0.2, 0.25) is 0 Å². The van der Waals surface area contributed by atoms with Gasteiger partial charge < -0.3 is 19.7 Å². The largest absolute Gasteiger partial charge is 0.496 e. The van der Waals surface area contributed by atoms with Crippen molar-refractivity contribution < 1.29 is 19.1 Å². The normalized spacial score (nSPS) is 19.0. The summed E-state index contributed by atoms with van der Waals surface area (Å²) in [6.07, 6.45) is 2.25. The lowest BCUT2D eigenvalue weighted by atomic mass is 9.91. The highest BCUT2D eigenvalue weighted by molar-refractivity contribution is 8.16. The van der Waals surface area contributed by atoms with E-state index in [1.807, 2.05) is 64.9 Å². The molecule has 2 aromatic carbocycles. The van der Waals surface area contributed by atoms with E-state index in [9.17, 15) is 9.59 Å². The fourth-order valence-corrected chi connectivity index (χ4v) is 5.26. The quantitative estimate of drug-likeness (QED) is 0.544. The highest BCUT2D eigenvalue weighted by atomic mass is 32.2. The van der Waals surface area contributed by atoms with Crippen molar-refractivity contribution in [1.82, 2.24) is 10.2 Å². The number of hydrogen-bond acceptors (Lipinski definition) is 7. The molecular formula is C27H27N3O4S. The van der Waals surface area contributed by atoms with Crippen LogP contribution in [0.4, 0.5) is 0 Å². The van der Waals surface area contributed by atoms with Gasteiger partial charge >= 0.3 is 5.97 Å². The van der Waals surface area contributed by atoms with Crippen LogP contribution in [0.25, 0.3) is 5.70 Å². The number of nitrogens with zero attached hydrogens (tertiary/aromatic N) is 2. The standard InChI is InChI=1S/C27H27N3O4S/c1-3-34-26(32)23-24(17-9-5-4-6-10-17)29-27-30(25(23)20-11-7-8-12-21(20)33-2)19(16-35-27)15-22(31)28-18-13-14-18/h4-12,16,18,25H,3,13-15H2,1-2H3,(H,28,31)/t25-/m1/s1. The van der Waals surface area contributed by atoms with Crippen LogP contribution in [0.3, 0.4) is 0 Å². The van der Waals surface area contributed by atoms with E-state index in [1.165, 1.54) is 11.8 Å². The number of thioether (sulfide) groups is 1. The summed E-state index contributed by atoms with van der Waals surface area (Å²) in [7, 11) is 1.61. The van der Waals surface area contributed by atoms with Gasteiger partial charge in [0.2, 0.25) is 5.91 Å².